The molecule has 0 aliphatic rings. The molecule has 21 heavy (non-hydrogen) atoms. The Morgan fingerprint density at radius 1 is 1.10 bits per heavy atom. The van der Waals surface area contributed by atoms with Crippen molar-refractivity contribution >= 4 is 16.8 Å². The third-order valence-corrected chi connectivity index (χ3v) is 3.64. The minimum absolute atomic E-state index is 0.0420. The molecule has 2 N–H and O–H groups in total. The normalized spacial score (nSPS) is 10.7. The molecule has 106 valence electrons. The summed E-state index contributed by atoms with van der Waals surface area (Å²) in [6, 6.07) is 16.2. The highest BCUT2D eigenvalue weighted by Gasteiger charge is 2.08. The van der Waals surface area contributed by atoms with Gasteiger partial charge >= 0.3 is 0 Å². The van der Waals surface area contributed by atoms with Gasteiger partial charge in [0, 0.05) is 23.6 Å². The maximum atomic E-state index is 12.1. The van der Waals surface area contributed by atoms with Crippen molar-refractivity contribution in [3.8, 4) is 0 Å². The largest absolute Gasteiger partial charge is 0.361 e. The van der Waals surface area contributed by atoms with E-state index in [1.54, 1.807) is 0 Å². The Hall–Kier alpha value is -2.55. The summed E-state index contributed by atoms with van der Waals surface area (Å²) in [6.45, 7) is 2.63. The van der Waals surface area contributed by atoms with Gasteiger partial charge in [-0.3, -0.25) is 4.79 Å². The van der Waals surface area contributed by atoms with E-state index < -0.39 is 0 Å². The minimum atomic E-state index is 0.0420. The lowest BCUT2D eigenvalue weighted by Crippen LogP contribution is -2.24. The van der Waals surface area contributed by atoms with Crippen LogP contribution in [0.3, 0.4) is 0 Å². The molecule has 3 aromatic rings. The van der Waals surface area contributed by atoms with Gasteiger partial charge in [-0.05, 0) is 24.1 Å². The Labute approximate surface area is 124 Å². The maximum Gasteiger partial charge on any atom is 0.224 e. The molecule has 3 rings (SSSR count). The van der Waals surface area contributed by atoms with Crippen LogP contribution < -0.4 is 5.32 Å². The second kappa shape index (κ2) is 5.83. The van der Waals surface area contributed by atoms with E-state index in [1.807, 2.05) is 42.6 Å². The van der Waals surface area contributed by atoms with Crippen LogP contribution in [0.25, 0.3) is 10.9 Å². The number of hydrogen-bond acceptors (Lipinski definition) is 1. The van der Waals surface area contributed by atoms with Gasteiger partial charge in [0.2, 0.25) is 5.91 Å². The summed E-state index contributed by atoms with van der Waals surface area (Å²) in [5.74, 6) is 0.0420. The van der Waals surface area contributed by atoms with E-state index in [9.17, 15) is 4.79 Å². The first-order chi connectivity index (χ1) is 10.2. The fourth-order valence-electron chi connectivity index (χ4n) is 2.42. The number of amides is 1. The molecule has 3 heteroatoms. The average Bonchev–Trinajstić information content (AvgIpc) is 2.90. The van der Waals surface area contributed by atoms with Crippen molar-refractivity contribution in [1.29, 1.82) is 0 Å². The molecule has 3 nitrogen and oxygen atoms in total. The quantitative estimate of drug-likeness (QED) is 0.755. The molecule has 0 spiro atoms. The van der Waals surface area contributed by atoms with Crippen LogP contribution in [-0.4, -0.2) is 10.9 Å². The Bertz CT molecular complexity index is 756. The number of rotatable bonds is 4. The van der Waals surface area contributed by atoms with Crippen LogP contribution in [0.1, 0.15) is 16.7 Å². The topological polar surface area (TPSA) is 44.9 Å². The lowest BCUT2D eigenvalue weighted by molar-refractivity contribution is -0.120. The van der Waals surface area contributed by atoms with Crippen molar-refractivity contribution in [2.75, 3.05) is 0 Å². The van der Waals surface area contributed by atoms with Crippen molar-refractivity contribution in [2.45, 2.75) is 19.9 Å². The van der Waals surface area contributed by atoms with Crippen molar-refractivity contribution in [2.24, 2.45) is 0 Å². The van der Waals surface area contributed by atoms with Crippen LogP contribution in [0.15, 0.2) is 54.7 Å². The molecule has 1 aromatic heterocycles. The number of fused-ring (bicyclic) bond motifs is 1. The Morgan fingerprint density at radius 2 is 1.86 bits per heavy atom. The van der Waals surface area contributed by atoms with E-state index >= 15 is 0 Å². The van der Waals surface area contributed by atoms with Crippen LogP contribution >= 0.6 is 0 Å². The number of carbonyl (C=O) groups is 1. The first-order valence-corrected chi connectivity index (χ1v) is 7.09. The van der Waals surface area contributed by atoms with E-state index in [2.05, 4.69) is 29.4 Å². The van der Waals surface area contributed by atoms with E-state index in [-0.39, 0.29) is 5.91 Å². The first-order valence-electron chi connectivity index (χ1n) is 7.09. The smallest absolute Gasteiger partial charge is 0.224 e. The number of carbonyl (C=O) groups excluding carboxylic acids is 1. The van der Waals surface area contributed by atoms with Gasteiger partial charge in [0.1, 0.15) is 0 Å². The molecule has 1 amide bonds. The second-order valence-corrected chi connectivity index (χ2v) is 5.30. The number of hydrogen-bond donors (Lipinski definition) is 2. The minimum Gasteiger partial charge on any atom is -0.361 e. The summed E-state index contributed by atoms with van der Waals surface area (Å²) in [4.78, 5) is 15.3. The SMILES string of the molecule is Cc1ccc(CNC(=O)Cc2c[nH]c3ccccc23)cc1. The molecule has 0 fully saturated rings. The van der Waals surface area contributed by atoms with Crippen LogP contribution in [0.2, 0.25) is 0 Å². The van der Waals surface area contributed by atoms with Gasteiger partial charge in [0.05, 0.1) is 6.42 Å². The van der Waals surface area contributed by atoms with Crippen molar-refractivity contribution in [3.05, 3.63) is 71.4 Å². The summed E-state index contributed by atoms with van der Waals surface area (Å²) >= 11 is 0. The zero-order valence-corrected chi connectivity index (χ0v) is 12.0. The lowest BCUT2D eigenvalue weighted by Gasteiger charge is -2.05. The molecule has 0 bridgehead atoms. The van der Waals surface area contributed by atoms with E-state index in [0.29, 0.717) is 13.0 Å². The Kier molecular flexibility index (Phi) is 3.73. The molecule has 0 radical (unpaired) electrons. The van der Waals surface area contributed by atoms with Crippen LogP contribution in [-0.2, 0) is 17.8 Å². The second-order valence-electron chi connectivity index (χ2n) is 5.30. The van der Waals surface area contributed by atoms with Gasteiger partial charge in [-0.15, -0.1) is 0 Å². The average molecular weight is 278 g/mol. The molecule has 1 heterocycles. The standard InChI is InChI=1S/C18H18N2O/c1-13-6-8-14(9-7-13)11-20-18(21)10-15-12-19-17-5-3-2-4-16(15)17/h2-9,12,19H,10-11H2,1H3,(H,20,21). The van der Waals surface area contributed by atoms with Gasteiger partial charge in [0.25, 0.3) is 0 Å². The fraction of sp³-hybridized carbons (Fsp3) is 0.167. The summed E-state index contributed by atoms with van der Waals surface area (Å²) < 4.78 is 0. The number of aryl methyl sites for hydroxylation is 1. The molecule has 0 aliphatic carbocycles. The van der Waals surface area contributed by atoms with E-state index in [4.69, 9.17) is 0 Å². The number of nitrogens with one attached hydrogen (secondary N) is 2. The summed E-state index contributed by atoms with van der Waals surface area (Å²) in [5.41, 5.74) is 4.45. The highest BCUT2D eigenvalue weighted by molar-refractivity contribution is 5.88. The number of aromatic amines is 1. The van der Waals surface area contributed by atoms with Crippen molar-refractivity contribution < 1.29 is 4.79 Å². The number of benzene rings is 2. The Balaban J connectivity index is 1.62. The predicted octanol–water partition coefficient (Wildman–Crippen LogP) is 3.34. The third kappa shape index (κ3) is 3.14. The van der Waals surface area contributed by atoms with Gasteiger partial charge < -0.3 is 10.3 Å². The first kappa shape index (κ1) is 13.4. The molecular formula is C18H18N2O. The number of aromatic nitrogens is 1. The number of H-pyrrole nitrogens is 1. The predicted molar refractivity (Wildman–Crippen MR) is 85.0 cm³/mol. The monoisotopic (exact) mass is 278 g/mol. The van der Waals surface area contributed by atoms with Crippen molar-refractivity contribution in [3.63, 3.8) is 0 Å². The fourth-order valence-corrected chi connectivity index (χ4v) is 2.42. The molecule has 2 aromatic carbocycles. The molecule has 0 unspecified atom stereocenters. The summed E-state index contributed by atoms with van der Waals surface area (Å²) in [5, 5.41) is 4.08. The van der Waals surface area contributed by atoms with Crippen LogP contribution in [0.5, 0.6) is 0 Å². The van der Waals surface area contributed by atoms with Gasteiger partial charge in [0.15, 0.2) is 0 Å². The lowest BCUT2D eigenvalue weighted by atomic mass is 10.1. The van der Waals surface area contributed by atoms with E-state index in [1.165, 1.54) is 5.56 Å². The molecule has 0 atom stereocenters. The summed E-state index contributed by atoms with van der Waals surface area (Å²) in [7, 11) is 0. The van der Waals surface area contributed by atoms with Crippen molar-refractivity contribution in [1.82, 2.24) is 10.3 Å². The third-order valence-electron chi connectivity index (χ3n) is 3.64. The van der Waals surface area contributed by atoms with Gasteiger partial charge in [-0.25, -0.2) is 0 Å². The van der Waals surface area contributed by atoms with Gasteiger partial charge in [-0.2, -0.15) is 0 Å². The molecule has 0 saturated heterocycles. The maximum absolute atomic E-state index is 12.1. The Morgan fingerprint density at radius 3 is 2.67 bits per heavy atom. The summed E-state index contributed by atoms with van der Waals surface area (Å²) in [6.07, 6.45) is 2.31. The van der Waals surface area contributed by atoms with E-state index in [0.717, 1.165) is 22.0 Å². The highest BCUT2D eigenvalue weighted by atomic mass is 16.1. The highest BCUT2D eigenvalue weighted by Crippen LogP contribution is 2.18. The van der Waals surface area contributed by atoms with Crippen LogP contribution in [0.4, 0.5) is 0 Å². The number of para-hydroxylation sites is 1. The molecule has 0 aliphatic heterocycles. The zero-order valence-electron chi connectivity index (χ0n) is 12.0. The van der Waals surface area contributed by atoms with Crippen LogP contribution in [0, 0.1) is 6.92 Å². The zero-order chi connectivity index (χ0) is 14.7. The van der Waals surface area contributed by atoms with Gasteiger partial charge in [-0.1, -0.05) is 48.0 Å². The molecule has 0 saturated carbocycles. The molecular weight excluding hydrogens is 260 g/mol.